The molecule has 2 aromatic heterocycles. The summed E-state index contributed by atoms with van der Waals surface area (Å²) in [4.78, 5) is 46.5. The minimum absolute atomic E-state index is 0.211. The number of pyridine rings is 2. The Hall–Kier alpha value is -6.09. The van der Waals surface area contributed by atoms with Crippen molar-refractivity contribution >= 4 is 56.7 Å². The van der Waals surface area contributed by atoms with E-state index < -0.39 is 5.97 Å². The van der Waals surface area contributed by atoms with Crippen LogP contribution in [-0.4, -0.2) is 47.0 Å². The number of aromatic nitrogens is 2. The van der Waals surface area contributed by atoms with Gasteiger partial charge in [-0.05, 0) is 91.3 Å². The van der Waals surface area contributed by atoms with Gasteiger partial charge in [0.25, 0.3) is 11.8 Å². The molecule has 0 unspecified atom stereocenters. The van der Waals surface area contributed by atoms with Crippen LogP contribution in [0.3, 0.4) is 0 Å². The molecule has 0 radical (unpaired) electrons. The summed E-state index contributed by atoms with van der Waals surface area (Å²) in [5.41, 5.74) is 6.13. The molecule has 3 N–H and O–H groups in total. The summed E-state index contributed by atoms with van der Waals surface area (Å²) in [6.45, 7) is 1.91. The lowest BCUT2D eigenvalue weighted by Gasteiger charge is -2.14. The molecule has 6 rings (SSSR count). The van der Waals surface area contributed by atoms with Gasteiger partial charge in [-0.2, -0.15) is 0 Å². The number of aromatic carboxylic acids is 1. The third-order valence-corrected chi connectivity index (χ3v) is 7.08. The van der Waals surface area contributed by atoms with Crippen molar-refractivity contribution in [3.05, 3.63) is 138 Å². The topological polar surface area (TPSA) is 125 Å². The van der Waals surface area contributed by atoms with Gasteiger partial charge in [-0.1, -0.05) is 24.3 Å². The Morgan fingerprint density at radius 3 is 1.89 bits per heavy atom. The molecule has 9 heteroatoms. The van der Waals surface area contributed by atoms with Crippen LogP contribution < -0.4 is 15.5 Å². The van der Waals surface area contributed by atoms with Gasteiger partial charge in [0.1, 0.15) is 0 Å². The van der Waals surface area contributed by atoms with Crippen molar-refractivity contribution in [3.63, 3.8) is 0 Å². The molecule has 0 aliphatic heterocycles. The van der Waals surface area contributed by atoms with E-state index in [0.29, 0.717) is 28.1 Å². The standard InChI is InChI=1S/C26H24N4O2.C10H7NO2/c1-17-9-11-21(28-25(31)19-6-4-8-22(15-19)30(2)3)16-24(17)29-26(32)20-10-12-23-18(14-20)7-5-13-27-23;12-10(13)8-3-4-9-7(6-8)2-1-5-11-9/h4-16H,1-3H3,(H,28,31)(H,29,32);1-6H,(H,12,13). The average Bonchev–Trinajstić information content (AvgIpc) is 3.06. The quantitative estimate of drug-likeness (QED) is 0.188. The predicted octanol–water partition coefficient (Wildman–Crippen LogP) is 7.05. The van der Waals surface area contributed by atoms with Gasteiger partial charge < -0.3 is 20.6 Å². The van der Waals surface area contributed by atoms with Crippen molar-refractivity contribution in [1.29, 1.82) is 0 Å². The molecular formula is C36H31N5O4. The lowest BCUT2D eigenvalue weighted by Crippen LogP contribution is -2.15. The number of rotatable bonds is 6. The number of nitrogens with one attached hydrogen (secondary N) is 2. The lowest BCUT2D eigenvalue weighted by atomic mass is 10.1. The number of fused-ring (bicyclic) bond motifs is 2. The summed E-state index contributed by atoms with van der Waals surface area (Å²) in [7, 11) is 3.86. The second kappa shape index (κ2) is 13.5. The zero-order valence-electron chi connectivity index (χ0n) is 25.0. The Morgan fingerprint density at radius 1 is 0.644 bits per heavy atom. The summed E-state index contributed by atoms with van der Waals surface area (Å²) in [5.74, 6) is -1.34. The summed E-state index contributed by atoms with van der Waals surface area (Å²) >= 11 is 0. The van der Waals surface area contributed by atoms with E-state index >= 15 is 0 Å². The Bertz CT molecular complexity index is 2040. The van der Waals surface area contributed by atoms with Crippen molar-refractivity contribution in [3.8, 4) is 0 Å². The molecule has 4 aromatic carbocycles. The maximum Gasteiger partial charge on any atom is 0.335 e. The number of benzene rings is 4. The first-order valence-electron chi connectivity index (χ1n) is 14.1. The van der Waals surface area contributed by atoms with Gasteiger partial charge in [-0.15, -0.1) is 0 Å². The highest BCUT2D eigenvalue weighted by atomic mass is 16.4. The van der Waals surface area contributed by atoms with Crippen LogP contribution in [0.1, 0.15) is 36.6 Å². The monoisotopic (exact) mass is 597 g/mol. The first-order chi connectivity index (χ1) is 21.7. The van der Waals surface area contributed by atoms with Crippen LogP contribution in [0.5, 0.6) is 0 Å². The van der Waals surface area contributed by atoms with Crippen molar-refractivity contribution in [1.82, 2.24) is 9.97 Å². The first kappa shape index (κ1) is 30.4. The molecule has 0 aliphatic rings. The van der Waals surface area contributed by atoms with Gasteiger partial charge in [-0.25, -0.2) is 4.79 Å². The van der Waals surface area contributed by atoms with Gasteiger partial charge in [0.15, 0.2) is 0 Å². The molecule has 9 nitrogen and oxygen atoms in total. The summed E-state index contributed by atoms with van der Waals surface area (Å²) in [6, 6.07) is 30.5. The molecule has 6 aromatic rings. The fourth-order valence-electron chi connectivity index (χ4n) is 4.58. The van der Waals surface area contributed by atoms with E-state index in [-0.39, 0.29) is 11.8 Å². The summed E-state index contributed by atoms with van der Waals surface area (Å²) in [5, 5.41) is 16.3. The summed E-state index contributed by atoms with van der Waals surface area (Å²) < 4.78 is 0. The number of carboxylic acids is 1. The van der Waals surface area contributed by atoms with Crippen LogP contribution in [0.25, 0.3) is 21.8 Å². The second-order valence-electron chi connectivity index (χ2n) is 10.5. The van der Waals surface area contributed by atoms with Gasteiger partial charge in [-0.3, -0.25) is 19.6 Å². The van der Waals surface area contributed by atoms with Crippen LogP contribution in [0.4, 0.5) is 17.1 Å². The highest BCUT2D eigenvalue weighted by Gasteiger charge is 2.12. The van der Waals surface area contributed by atoms with Crippen molar-refractivity contribution in [2.75, 3.05) is 29.6 Å². The highest BCUT2D eigenvalue weighted by Crippen LogP contribution is 2.23. The number of hydrogen-bond donors (Lipinski definition) is 3. The van der Waals surface area contributed by atoms with Crippen LogP contribution in [0.2, 0.25) is 0 Å². The van der Waals surface area contributed by atoms with Gasteiger partial charge in [0.2, 0.25) is 0 Å². The third kappa shape index (κ3) is 7.47. The van der Waals surface area contributed by atoms with Crippen molar-refractivity contribution < 1.29 is 19.5 Å². The number of aryl methyl sites for hydroxylation is 1. The van der Waals surface area contributed by atoms with Crippen molar-refractivity contribution in [2.24, 2.45) is 0 Å². The Kier molecular flexibility index (Phi) is 9.09. The van der Waals surface area contributed by atoms with Crippen LogP contribution >= 0.6 is 0 Å². The minimum atomic E-state index is -0.911. The van der Waals surface area contributed by atoms with E-state index in [9.17, 15) is 14.4 Å². The zero-order chi connectivity index (χ0) is 31.9. The number of carboxylic acid groups (broad SMARTS) is 1. The van der Waals surface area contributed by atoms with Gasteiger partial charge in [0, 0.05) is 65.5 Å². The molecule has 0 aliphatic carbocycles. The number of anilines is 3. The number of carbonyl (C=O) groups is 3. The fraction of sp³-hybridized carbons (Fsp3) is 0.0833. The number of nitrogens with zero attached hydrogens (tertiary/aromatic N) is 3. The number of carbonyl (C=O) groups excluding carboxylic acids is 2. The smallest absolute Gasteiger partial charge is 0.335 e. The zero-order valence-corrected chi connectivity index (χ0v) is 25.0. The van der Waals surface area contributed by atoms with Crippen LogP contribution in [-0.2, 0) is 0 Å². The molecule has 0 fully saturated rings. The van der Waals surface area contributed by atoms with Crippen LogP contribution in [0, 0.1) is 6.92 Å². The average molecular weight is 598 g/mol. The second-order valence-corrected chi connectivity index (χ2v) is 10.5. The predicted molar refractivity (Wildman–Crippen MR) is 178 cm³/mol. The molecule has 0 saturated carbocycles. The molecular weight excluding hydrogens is 566 g/mol. The highest BCUT2D eigenvalue weighted by molar-refractivity contribution is 6.08. The van der Waals surface area contributed by atoms with Gasteiger partial charge >= 0.3 is 5.97 Å². The molecule has 2 amide bonds. The maximum absolute atomic E-state index is 12.8. The molecule has 224 valence electrons. The number of amides is 2. The molecule has 2 heterocycles. The largest absolute Gasteiger partial charge is 0.478 e. The van der Waals surface area contributed by atoms with E-state index in [1.165, 1.54) is 0 Å². The van der Waals surface area contributed by atoms with E-state index in [0.717, 1.165) is 33.1 Å². The Morgan fingerprint density at radius 2 is 1.24 bits per heavy atom. The van der Waals surface area contributed by atoms with Crippen LogP contribution in [0.15, 0.2) is 116 Å². The Labute approximate surface area is 260 Å². The summed E-state index contributed by atoms with van der Waals surface area (Å²) in [6.07, 6.45) is 3.41. The maximum atomic E-state index is 12.8. The van der Waals surface area contributed by atoms with E-state index in [2.05, 4.69) is 20.6 Å². The third-order valence-electron chi connectivity index (χ3n) is 7.08. The molecule has 0 bridgehead atoms. The fourth-order valence-corrected chi connectivity index (χ4v) is 4.58. The lowest BCUT2D eigenvalue weighted by molar-refractivity contribution is 0.0696. The molecule has 0 spiro atoms. The molecule has 0 atom stereocenters. The minimum Gasteiger partial charge on any atom is -0.478 e. The van der Waals surface area contributed by atoms with E-state index in [1.54, 1.807) is 54.9 Å². The number of hydrogen-bond acceptors (Lipinski definition) is 6. The SMILES string of the molecule is Cc1ccc(NC(=O)c2cccc(N(C)C)c2)cc1NC(=O)c1ccc2ncccc2c1.O=C(O)c1ccc2ncccc2c1. The van der Waals surface area contributed by atoms with E-state index in [4.69, 9.17) is 5.11 Å². The normalized spacial score (nSPS) is 10.5. The van der Waals surface area contributed by atoms with Gasteiger partial charge in [0.05, 0.1) is 16.6 Å². The molecule has 0 saturated heterocycles. The van der Waals surface area contributed by atoms with E-state index in [1.807, 2.05) is 86.6 Å². The molecule has 45 heavy (non-hydrogen) atoms. The van der Waals surface area contributed by atoms with Crippen molar-refractivity contribution in [2.45, 2.75) is 6.92 Å². The first-order valence-corrected chi connectivity index (χ1v) is 14.1. The Balaban J connectivity index is 0.000000256.